The van der Waals surface area contributed by atoms with E-state index in [1.165, 1.54) is 10.9 Å². The van der Waals surface area contributed by atoms with Crippen LogP contribution < -0.4 is 78.2 Å². The Morgan fingerprint density at radius 2 is 0.627 bits per heavy atom. The van der Waals surface area contributed by atoms with Crippen molar-refractivity contribution in [3.63, 3.8) is 0 Å². The third-order valence-electron chi connectivity index (χ3n) is 16.4. The zero-order chi connectivity index (χ0) is 48.9. The van der Waals surface area contributed by atoms with Gasteiger partial charge < -0.3 is 24.2 Å². The lowest BCUT2D eigenvalue weighted by Crippen LogP contribution is -2.67. The standard InChI is InChI=1S/C65H40B3N5O2/c1-5-21-41(22-6-1)70-49-33-17-13-29-45(49)66-47-31-15-19-35-56(47)74-63-58(66)52(70)39-54-60(63)68-61-55(73(44-27-11-4-12-28-44)65-62(68)51(37-38-69-65)72(54)43-25-9-3-10-26-43)40-53-59-64(61)75-57-36-20-16-32-48(57)67(59)46-30-14-18-34-50(46)71(53)42-23-7-2-8-24-42/h1-40H. The molecule has 6 aliphatic rings. The molecule has 0 amide bonds. The summed E-state index contributed by atoms with van der Waals surface area (Å²) in [5, 5.41) is 0. The summed E-state index contributed by atoms with van der Waals surface area (Å²) in [6.45, 7) is -0.637. The van der Waals surface area contributed by atoms with Crippen molar-refractivity contribution in [1.29, 1.82) is 0 Å². The Hall–Kier alpha value is -9.66. The normalized spacial score (nSPS) is 14.2. The highest BCUT2D eigenvalue weighted by Crippen LogP contribution is 2.51. The summed E-state index contributed by atoms with van der Waals surface area (Å²) in [5.41, 5.74) is 22.0. The van der Waals surface area contributed by atoms with Gasteiger partial charge in [0.1, 0.15) is 28.8 Å². The molecule has 0 atom stereocenters. The fourth-order valence-electron chi connectivity index (χ4n) is 13.5. The SMILES string of the molecule is c1ccc(N2c3ccccc3B3c4ccccc4Oc4c3c2cc2c4B3c4c(ccnc4N(c4ccccc4)c4cc5c6c(c43)Oc3ccccc3B6c3ccccc3N5c3ccccc3)N2c2ccccc2)cc1. The average Bonchev–Trinajstić information content (AvgIpc) is 3.58. The zero-order valence-electron chi connectivity index (χ0n) is 40.4. The lowest BCUT2D eigenvalue weighted by Gasteiger charge is -2.48. The fourth-order valence-corrected chi connectivity index (χ4v) is 13.5. The first-order chi connectivity index (χ1) is 37.3. The molecular weight excluding hydrogens is 915 g/mol. The van der Waals surface area contributed by atoms with Gasteiger partial charge in [-0.2, -0.15) is 0 Å². The highest BCUT2D eigenvalue weighted by Gasteiger charge is 2.54. The van der Waals surface area contributed by atoms with Gasteiger partial charge in [-0.25, -0.2) is 4.98 Å². The molecule has 0 bridgehead atoms. The van der Waals surface area contributed by atoms with Gasteiger partial charge in [-0.3, -0.25) is 4.90 Å². The van der Waals surface area contributed by atoms with Crippen molar-refractivity contribution in [2.45, 2.75) is 0 Å². The number of ether oxygens (including phenoxy) is 2. The number of pyridine rings is 1. The molecule has 11 aromatic rings. The van der Waals surface area contributed by atoms with Gasteiger partial charge in [-0.05, 0) is 140 Å². The number of fused-ring (bicyclic) bond motifs is 14. The maximum Gasteiger partial charge on any atom is 0.263 e. The van der Waals surface area contributed by atoms with E-state index in [4.69, 9.17) is 14.5 Å². The Balaban J connectivity index is 1.05. The Bertz CT molecular complexity index is 3940. The second kappa shape index (κ2) is 15.4. The van der Waals surface area contributed by atoms with E-state index >= 15 is 0 Å². The van der Waals surface area contributed by atoms with Crippen molar-refractivity contribution >= 4 is 138 Å². The summed E-state index contributed by atoms with van der Waals surface area (Å²) in [4.78, 5) is 15.2. The predicted molar refractivity (Wildman–Crippen MR) is 310 cm³/mol. The van der Waals surface area contributed by atoms with Gasteiger partial charge in [0.05, 0.1) is 0 Å². The van der Waals surface area contributed by atoms with Crippen molar-refractivity contribution in [3.8, 4) is 23.0 Å². The van der Waals surface area contributed by atoms with Crippen LogP contribution in [0.25, 0.3) is 0 Å². The van der Waals surface area contributed by atoms with Crippen molar-refractivity contribution < 1.29 is 9.47 Å². The molecule has 0 fully saturated rings. The Morgan fingerprint density at radius 1 is 0.280 bits per heavy atom. The molecule has 10 aromatic carbocycles. The monoisotopic (exact) mass is 955 g/mol. The molecule has 75 heavy (non-hydrogen) atoms. The predicted octanol–water partition coefficient (Wildman–Crippen LogP) is 9.97. The lowest BCUT2D eigenvalue weighted by molar-refractivity contribution is 0.490. The Morgan fingerprint density at radius 3 is 1.08 bits per heavy atom. The van der Waals surface area contributed by atoms with Gasteiger partial charge in [0.25, 0.3) is 20.1 Å². The third-order valence-corrected chi connectivity index (χ3v) is 16.4. The first-order valence-electron chi connectivity index (χ1n) is 25.8. The topological polar surface area (TPSA) is 44.3 Å². The van der Waals surface area contributed by atoms with E-state index in [1.54, 1.807) is 0 Å². The summed E-state index contributed by atoms with van der Waals surface area (Å²) in [6, 6.07) is 85.4. The number of rotatable bonds is 4. The van der Waals surface area contributed by atoms with E-state index < -0.39 is 6.71 Å². The highest BCUT2D eigenvalue weighted by molar-refractivity contribution is 7.05. The van der Waals surface area contributed by atoms with Crippen LogP contribution in [0.2, 0.25) is 0 Å². The summed E-state index contributed by atoms with van der Waals surface area (Å²) >= 11 is 0. The molecule has 0 saturated heterocycles. The van der Waals surface area contributed by atoms with E-state index in [-0.39, 0.29) is 13.4 Å². The van der Waals surface area contributed by atoms with Gasteiger partial charge in [0.15, 0.2) is 0 Å². The molecule has 0 aliphatic carbocycles. The minimum atomic E-state index is -0.407. The number of anilines is 12. The maximum atomic E-state index is 7.71. The van der Waals surface area contributed by atoms with Crippen molar-refractivity contribution in [2.24, 2.45) is 0 Å². The van der Waals surface area contributed by atoms with Gasteiger partial charge in [0.2, 0.25) is 0 Å². The molecule has 346 valence electrons. The van der Waals surface area contributed by atoms with Crippen LogP contribution in [0, 0.1) is 0 Å². The van der Waals surface area contributed by atoms with E-state index in [1.807, 2.05) is 6.20 Å². The van der Waals surface area contributed by atoms with Crippen LogP contribution in [-0.2, 0) is 0 Å². The maximum absolute atomic E-state index is 7.71. The molecule has 7 heterocycles. The first kappa shape index (κ1) is 40.9. The van der Waals surface area contributed by atoms with Gasteiger partial charge >= 0.3 is 0 Å². The molecule has 0 spiro atoms. The number of hydrogen-bond acceptors (Lipinski definition) is 7. The van der Waals surface area contributed by atoms with Crippen molar-refractivity contribution in [1.82, 2.24) is 4.98 Å². The second-order valence-electron chi connectivity index (χ2n) is 20.1. The quantitative estimate of drug-likeness (QED) is 0.163. The molecule has 0 radical (unpaired) electrons. The van der Waals surface area contributed by atoms with Crippen LogP contribution in [0.5, 0.6) is 23.0 Å². The van der Waals surface area contributed by atoms with Crippen LogP contribution in [0.3, 0.4) is 0 Å². The van der Waals surface area contributed by atoms with Crippen LogP contribution in [-0.4, -0.2) is 25.1 Å². The van der Waals surface area contributed by atoms with Gasteiger partial charge in [-0.1, -0.05) is 146 Å². The van der Waals surface area contributed by atoms with Gasteiger partial charge in [0, 0.05) is 68.8 Å². The molecule has 0 unspecified atom stereocenters. The molecule has 0 saturated carbocycles. The average molecular weight is 956 g/mol. The minimum Gasteiger partial charge on any atom is -0.459 e. The molecule has 0 N–H and O–H groups in total. The molecule has 7 nitrogen and oxygen atoms in total. The van der Waals surface area contributed by atoms with Crippen LogP contribution in [0.1, 0.15) is 0 Å². The molecular formula is C65H40B3N5O2. The number of nitrogens with zero attached hydrogens (tertiary/aromatic N) is 5. The van der Waals surface area contributed by atoms with E-state index in [0.29, 0.717) is 0 Å². The van der Waals surface area contributed by atoms with Gasteiger partial charge in [-0.15, -0.1) is 0 Å². The minimum absolute atomic E-state index is 0.115. The van der Waals surface area contributed by atoms with E-state index in [0.717, 1.165) is 130 Å². The molecule has 17 rings (SSSR count). The number of aromatic nitrogens is 1. The summed E-state index contributed by atoms with van der Waals surface area (Å²) < 4.78 is 15.4. The zero-order valence-corrected chi connectivity index (χ0v) is 40.4. The third kappa shape index (κ3) is 5.55. The molecule has 6 aliphatic heterocycles. The summed E-state index contributed by atoms with van der Waals surface area (Å²) in [5.74, 6) is 4.30. The van der Waals surface area contributed by atoms with E-state index in [2.05, 4.69) is 256 Å². The number of para-hydroxylation sites is 8. The van der Waals surface area contributed by atoms with Crippen LogP contribution in [0.15, 0.2) is 243 Å². The second-order valence-corrected chi connectivity index (χ2v) is 20.1. The number of benzene rings is 10. The van der Waals surface area contributed by atoms with Crippen molar-refractivity contribution in [3.05, 3.63) is 243 Å². The largest absolute Gasteiger partial charge is 0.459 e. The smallest absolute Gasteiger partial charge is 0.263 e. The Kier molecular flexibility index (Phi) is 8.41. The lowest BCUT2D eigenvalue weighted by atomic mass is 9.28. The molecule has 10 heteroatoms. The van der Waals surface area contributed by atoms with E-state index in [9.17, 15) is 0 Å². The fraction of sp³-hybridized carbons (Fsp3) is 0. The summed E-state index contributed by atoms with van der Waals surface area (Å²) in [6.07, 6.45) is 1.99. The highest BCUT2D eigenvalue weighted by atomic mass is 16.5. The Labute approximate surface area is 435 Å². The van der Waals surface area contributed by atoms with Crippen LogP contribution >= 0.6 is 0 Å². The molecule has 1 aromatic heterocycles. The van der Waals surface area contributed by atoms with Crippen molar-refractivity contribution in [2.75, 3.05) is 19.6 Å². The van der Waals surface area contributed by atoms with Crippen LogP contribution in [0.4, 0.5) is 68.4 Å². The summed E-state index contributed by atoms with van der Waals surface area (Å²) in [7, 11) is 0. The number of hydrogen-bond donors (Lipinski definition) is 0. The first-order valence-corrected chi connectivity index (χ1v) is 25.8.